The number of hydrogen-bond acceptors (Lipinski definition) is 3. The third-order valence-electron chi connectivity index (χ3n) is 2.94. The molecule has 0 aliphatic heterocycles. The monoisotopic (exact) mass is 230 g/mol. The molecule has 0 radical (unpaired) electrons. The maximum Gasteiger partial charge on any atom is 0.181 e. The zero-order valence-electron chi connectivity index (χ0n) is 8.68. The Labute approximate surface area is 92.6 Å². The molecular formula is C10H12ClFN2O. The molecule has 1 heterocycles. The van der Waals surface area contributed by atoms with E-state index < -0.39 is 11.4 Å². The van der Waals surface area contributed by atoms with Gasteiger partial charge in [-0.15, -0.1) is 0 Å². The summed E-state index contributed by atoms with van der Waals surface area (Å²) in [5.74, 6) is -0.0499. The maximum atomic E-state index is 13.2. The average molecular weight is 231 g/mol. The minimum absolute atomic E-state index is 0.124. The lowest BCUT2D eigenvalue weighted by Gasteiger charge is -2.38. The highest BCUT2D eigenvalue weighted by atomic mass is 35.5. The summed E-state index contributed by atoms with van der Waals surface area (Å²) in [4.78, 5) is 8.06. The summed E-state index contributed by atoms with van der Waals surface area (Å²) in [6.45, 7) is 1.58. The van der Waals surface area contributed by atoms with Crippen molar-refractivity contribution in [2.24, 2.45) is 0 Å². The van der Waals surface area contributed by atoms with E-state index in [1.165, 1.54) is 0 Å². The SMILES string of the molecule is COC1(c2nc(C)c(F)c(Cl)n2)CCC1. The molecule has 0 unspecified atom stereocenters. The molecule has 0 bridgehead atoms. The van der Waals surface area contributed by atoms with Gasteiger partial charge in [-0.3, -0.25) is 0 Å². The molecular weight excluding hydrogens is 219 g/mol. The van der Waals surface area contributed by atoms with Crippen molar-refractivity contribution in [3.63, 3.8) is 0 Å². The molecule has 1 fully saturated rings. The molecule has 0 N–H and O–H groups in total. The predicted molar refractivity (Wildman–Crippen MR) is 54.3 cm³/mol. The van der Waals surface area contributed by atoms with Crippen molar-refractivity contribution in [1.29, 1.82) is 0 Å². The van der Waals surface area contributed by atoms with Crippen LogP contribution in [0.15, 0.2) is 0 Å². The van der Waals surface area contributed by atoms with Crippen molar-refractivity contribution in [2.45, 2.75) is 31.8 Å². The van der Waals surface area contributed by atoms with E-state index in [-0.39, 0.29) is 10.8 Å². The first-order valence-electron chi connectivity index (χ1n) is 4.84. The number of aryl methyl sites for hydroxylation is 1. The van der Waals surface area contributed by atoms with Crippen LogP contribution in [0.3, 0.4) is 0 Å². The van der Waals surface area contributed by atoms with E-state index in [9.17, 15) is 4.39 Å². The van der Waals surface area contributed by atoms with Crippen LogP contribution in [0.5, 0.6) is 0 Å². The van der Waals surface area contributed by atoms with Crippen LogP contribution in [0.4, 0.5) is 4.39 Å². The summed E-state index contributed by atoms with van der Waals surface area (Å²) in [5, 5.41) is -0.124. The largest absolute Gasteiger partial charge is 0.370 e. The van der Waals surface area contributed by atoms with Gasteiger partial charge >= 0.3 is 0 Å². The van der Waals surface area contributed by atoms with Crippen LogP contribution in [-0.4, -0.2) is 17.1 Å². The third-order valence-corrected chi connectivity index (χ3v) is 3.19. The van der Waals surface area contributed by atoms with Crippen LogP contribution in [0.1, 0.15) is 30.8 Å². The van der Waals surface area contributed by atoms with Gasteiger partial charge in [0.2, 0.25) is 0 Å². The van der Waals surface area contributed by atoms with Gasteiger partial charge in [-0.1, -0.05) is 11.6 Å². The van der Waals surface area contributed by atoms with Gasteiger partial charge < -0.3 is 4.74 Å². The Morgan fingerprint density at radius 1 is 1.40 bits per heavy atom. The zero-order valence-corrected chi connectivity index (χ0v) is 9.44. The number of rotatable bonds is 2. The Morgan fingerprint density at radius 2 is 2.07 bits per heavy atom. The first-order chi connectivity index (χ1) is 7.09. The number of halogens is 2. The van der Waals surface area contributed by atoms with E-state index in [2.05, 4.69) is 9.97 Å². The van der Waals surface area contributed by atoms with E-state index >= 15 is 0 Å². The lowest BCUT2D eigenvalue weighted by atomic mass is 9.79. The maximum absolute atomic E-state index is 13.2. The Bertz CT molecular complexity index is 364. The molecule has 1 aromatic rings. The first kappa shape index (κ1) is 10.8. The summed E-state index contributed by atoms with van der Waals surface area (Å²) in [6, 6.07) is 0. The van der Waals surface area contributed by atoms with Crippen molar-refractivity contribution in [3.05, 3.63) is 22.5 Å². The summed E-state index contributed by atoms with van der Waals surface area (Å²) >= 11 is 5.68. The molecule has 0 spiro atoms. The van der Waals surface area contributed by atoms with Gasteiger partial charge in [0.05, 0.1) is 5.69 Å². The molecule has 1 aromatic heterocycles. The smallest absolute Gasteiger partial charge is 0.181 e. The molecule has 2 rings (SSSR count). The standard InChI is InChI=1S/C10H12ClFN2O/c1-6-7(12)8(11)14-9(13-6)10(15-2)4-3-5-10/h3-5H2,1-2H3. The van der Waals surface area contributed by atoms with Crippen molar-refractivity contribution in [3.8, 4) is 0 Å². The molecule has 1 saturated carbocycles. The van der Waals surface area contributed by atoms with Gasteiger partial charge in [0.25, 0.3) is 0 Å². The summed E-state index contributed by atoms with van der Waals surface area (Å²) in [6.07, 6.45) is 2.81. The number of methoxy groups -OCH3 is 1. The lowest BCUT2D eigenvalue weighted by molar-refractivity contribution is -0.0848. The fourth-order valence-electron chi connectivity index (χ4n) is 1.74. The molecule has 0 amide bonds. The molecule has 0 atom stereocenters. The highest BCUT2D eigenvalue weighted by Crippen LogP contribution is 2.43. The van der Waals surface area contributed by atoms with Crippen molar-refractivity contribution in [1.82, 2.24) is 9.97 Å². The van der Waals surface area contributed by atoms with Gasteiger partial charge in [-0.25, -0.2) is 14.4 Å². The molecule has 0 saturated heterocycles. The van der Waals surface area contributed by atoms with Crippen LogP contribution < -0.4 is 0 Å². The second-order valence-corrected chi connectivity index (χ2v) is 4.15. The molecule has 0 aromatic carbocycles. The topological polar surface area (TPSA) is 35.0 Å². The summed E-state index contributed by atoms with van der Waals surface area (Å²) < 4.78 is 18.6. The molecule has 3 nitrogen and oxygen atoms in total. The number of aromatic nitrogens is 2. The lowest BCUT2D eigenvalue weighted by Crippen LogP contribution is -2.38. The van der Waals surface area contributed by atoms with Gasteiger partial charge in [0, 0.05) is 7.11 Å². The van der Waals surface area contributed by atoms with Crippen LogP contribution >= 0.6 is 11.6 Å². The first-order valence-corrected chi connectivity index (χ1v) is 5.22. The van der Waals surface area contributed by atoms with Gasteiger partial charge in [-0.05, 0) is 26.2 Å². The normalized spacial score (nSPS) is 18.7. The Morgan fingerprint density at radius 3 is 2.47 bits per heavy atom. The fraction of sp³-hybridized carbons (Fsp3) is 0.600. The summed E-state index contributed by atoms with van der Waals surface area (Å²) in [7, 11) is 1.62. The van der Waals surface area contributed by atoms with E-state index in [0.29, 0.717) is 5.82 Å². The zero-order chi connectivity index (χ0) is 11.1. The third kappa shape index (κ3) is 1.62. The minimum atomic E-state index is -0.550. The van der Waals surface area contributed by atoms with Crippen LogP contribution in [0, 0.1) is 12.7 Å². The van der Waals surface area contributed by atoms with E-state index in [1.807, 2.05) is 0 Å². The number of ether oxygens (including phenoxy) is 1. The Kier molecular flexibility index (Phi) is 2.64. The van der Waals surface area contributed by atoms with Crippen LogP contribution in [0.25, 0.3) is 0 Å². The number of nitrogens with zero attached hydrogens (tertiary/aromatic N) is 2. The molecule has 1 aliphatic carbocycles. The fourth-order valence-corrected chi connectivity index (χ4v) is 1.96. The van der Waals surface area contributed by atoms with Crippen molar-refractivity contribution < 1.29 is 9.13 Å². The predicted octanol–water partition coefficient (Wildman–Crippen LogP) is 2.60. The average Bonchev–Trinajstić information content (AvgIpc) is 2.13. The molecule has 1 aliphatic rings. The van der Waals surface area contributed by atoms with E-state index in [4.69, 9.17) is 16.3 Å². The van der Waals surface area contributed by atoms with Crippen LogP contribution in [0.2, 0.25) is 5.15 Å². The number of hydrogen-bond donors (Lipinski definition) is 0. The van der Waals surface area contributed by atoms with Crippen LogP contribution in [-0.2, 0) is 10.3 Å². The second-order valence-electron chi connectivity index (χ2n) is 3.79. The quantitative estimate of drug-likeness (QED) is 0.733. The highest BCUT2D eigenvalue weighted by Gasteiger charge is 2.42. The molecule has 82 valence electrons. The molecule has 5 heteroatoms. The van der Waals surface area contributed by atoms with Crippen molar-refractivity contribution >= 4 is 11.6 Å². The Balaban J connectivity index is 2.45. The van der Waals surface area contributed by atoms with E-state index in [0.717, 1.165) is 19.3 Å². The highest BCUT2D eigenvalue weighted by molar-refractivity contribution is 6.29. The van der Waals surface area contributed by atoms with Gasteiger partial charge in [-0.2, -0.15) is 0 Å². The minimum Gasteiger partial charge on any atom is -0.370 e. The van der Waals surface area contributed by atoms with Gasteiger partial charge in [0.15, 0.2) is 16.8 Å². The second kappa shape index (κ2) is 3.68. The Hall–Kier alpha value is -0.740. The molecule has 15 heavy (non-hydrogen) atoms. The van der Waals surface area contributed by atoms with Crippen molar-refractivity contribution in [2.75, 3.05) is 7.11 Å². The summed E-state index contributed by atoms with van der Waals surface area (Å²) in [5.41, 5.74) is -0.171. The van der Waals surface area contributed by atoms with E-state index in [1.54, 1.807) is 14.0 Å². The van der Waals surface area contributed by atoms with Gasteiger partial charge in [0.1, 0.15) is 5.60 Å².